The second-order valence-electron chi connectivity index (χ2n) is 5.42. The summed E-state index contributed by atoms with van der Waals surface area (Å²) in [5.41, 5.74) is 2.68. The molecule has 0 saturated heterocycles. The topological polar surface area (TPSA) is 99.3 Å². The highest BCUT2D eigenvalue weighted by molar-refractivity contribution is 5.95. The predicted octanol–water partition coefficient (Wildman–Crippen LogP) is 2.65. The van der Waals surface area contributed by atoms with Crippen LogP contribution in [-0.2, 0) is 14.4 Å². The van der Waals surface area contributed by atoms with Gasteiger partial charge in [-0.3, -0.25) is 14.4 Å². The van der Waals surface area contributed by atoms with E-state index in [1.165, 1.54) is 13.8 Å². The summed E-state index contributed by atoms with van der Waals surface area (Å²) in [5.74, 6) is -0.516. The van der Waals surface area contributed by atoms with Crippen LogP contribution >= 0.6 is 0 Å². The number of nitrogens with one attached hydrogen (secondary N) is 4. The van der Waals surface area contributed by atoms with E-state index in [0.29, 0.717) is 17.1 Å². The molecule has 130 valence electrons. The molecule has 7 heteroatoms. The fourth-order valence-electron chi connectivity index (χ4n) is 2.14. The molecule has 4 N–H and O–H groups in total. The number of anilines is 4. The average Bonchev–Trinajstić information content (AvgIpc) is 2.54. The molecule has 2 aromatic rings. The summed E-state index contributed by atoms with van der Waals surface area (Å²) in [4.78, 5) is 34.0. The van der Waals surface area contributed by atoms with E-state index >= 15 is 0 Å². The van der Waals surface area contributed by atoms with Crippen LogP contribution in [0.2, 0.25) is 0 Å². The van der Waals surface area contributed by atoms with Crippen molar-refractivity contribution in [2.75, 3.05) is 27.8 Å². The number of benzene rings is 2. The molecule has 0 radical (unpaired) electrons. The summed E-state index contributed by atoms with van der Waals surface area (Å²) in [6.07, 6.45) is 0. The lowest BCUT2D eigenvalue weighted by Gasteiger charge is -2.10. The van der Waals surface area contributed by atoms with Crippen molar-refractivity contribution >= 4 is 40.5 Å². The summed E-state index contributed by atoms with van der Waals surface area (Å²) in [6, 6.07) is 13.9. The van der Waals surface area contributed by atoms with Gasteiger partial charge in [-0.15, -0.1) is 0 Å². The van der Waals surface area contributed by atoms with Gasteiger partial charge in [0.15, 0.2) is 0 Å². The van der Waals surface area contributed by atoms with E-state index in [9.17, 15) is 14.4 Å². The van der Waals surface area contributed by atoms with Gasteiger partial charge >= 0.3 is 0 Å². The van der Waals surface area contributed by atoms with Crippen LogP contribution in [-0.4, -0.2) is 24.3 Å². The van der Waals surface area contributed by atoms with Crippen LogP contribution in [0.5, 0.6) is 0 Å². The third-order valence-electron chi connectivity index (χ3n) is 3.13. The molecular weight excluding hydrogens is 320 g/mol. The molecule has 7 nitrogen and oxygen atoms in total. The van der Waals surface area contributed by atoms with E-state index in [1.807, 2.05) is 0 Å². The van der Waals surface area contributed by atoms with Crippen LogP contribution in [0.1, 0.15) is 13.8 Å². The first-order valence-corrected chi connectivity index (χ1v) is 7.71. The first kappa shape index (κ1) is 18.0. The van der Waals surface area contributed by atoms with E-state index in [4.69, 9.17) is 0 Å². The molecule has 0 atom stereocenters. The van der Waals surface area contributed by atoms with E-state index in [-0.39, 0.29) is 24.3 Å². The van der Waals surface area contributed by atoms with Gasteiger partial charge in [0.2, 0.25) is 17.7 Å². The van der Waals surface area contributed by atoms with E-state index in [0.717, 1.165) is 5.69 Å². The molecule has 0 saturated carbocycles. The lowest BCUT2D eigenvalue weighted by molar-refractivity contribution is -0.115. The smallest absolute Gasteiger partial charge is 0.243 e. The fourth-order valence-corrected chi connectivity index (χ4v) is 2.14. The number of carbonyl (C=O) groups is 3. The predicted molar refractivity (Wildman–Crippen MR) is 98.6 cm³/mol. The van der Waals surface area contributed by atoms with Crippen molar-refractivity contribution < 1.29 is 14.4 Å². The number of hydrogen-bond acceptors (Lipinski definition) is 4. The number of hydrogen-bond donors (Lipinski definition) is 4. The van der Waals surface area contributed by atoms with E-state index in [2.05, 4.69) is 21.3 Å². The van der Waals surface area contributed by atoms with Gasteiger partial charge in [-0.25, -0.2) is 0 Å². The van der Waals surface area contributed by atoms with Crippen molar-refractivity contribution in [3.8, 4) is 0 Å². The minimum atomic E-state index is -0.211. The molecule has 0 heterocycles. The Morgan fingerprint density at radius 1 is 0.720 bits per heavy atom. The Kier molecular flexibility index (Phi) is 6.11. The zero-order valence-corrected chi connectivity index (χ0v) is 14.1. The molecule has 0 aliphatic heterocycles. The van der Waals surface area contributed by atoms with Crippen molar-refractivity contribution in [1.29, 1.82) is 0 Å². The van der Waals surface area contributed by atoms with Crippen molar-refractivity contribution in [2.24, 2.45) is 0 Å². The largest absolute Gasteiger partial charge is 0.376 e. The van der Waals surface area contributed by atoms with E-state index in [1.54, 1.807) is 48.5 Å². The normalized spacial score (nSPS) is 9.84. The maximum absolute atomic E-state index is 12.0. The highest BCUT2D eigenvalue weighted by Gasteiger charge is 2.04. The zero-order valence-electron chi connectivity index (χ0n) is 14.1. The Morgan fingerprint density at radius 3 is 1.84 bits per heavy atom. The Balaban J connectivity index is 1.86. The highest BCUT2D eigenvalue weighted by Crippen LogP contribution is 2.16. The van der Waals surface area contributed by atoms with Crippen LogP contribution in [0.3, 0.4) is 0 Å². The lowest BCUT2D eigenvalue weighted by Crippen LogP contribution is -2.21. The zero-order chi connectivity index (χ0) is 18.2. The van der Waals surface area contributed by atoms with Gasteiger partial charge in [0.25, 0.3) is 0 Å². The Morgan fingerprint density at radius 2 is 1.24 bits per heavy atom. The molecule has 0 spiro atoms. The van der Waals surface area contributed by atoms with Crippen LogP contribution in [0.25, 0.3) is 0 Å². The third-order valence-corrected chi connectivity index (χ3v) is 3.13. The number of carbonyl (C=O) groups excluding carboxylic acids is 3. The van der Waals surface area contributed by atoms with Gasteiger partial charge in [-0.05, 0) is 42.5 Å². The Bertz CT molecular complexity index is 772. The molecule has 0 aromatic heterocycles. The summed E-state index contributed by atoms with van der Waals surface area (Å²) in [6.45, 7) is 2.95. The van der Waals surface area contributed by atoms with Gasteiger partial charge in [-0.1, -0.05) is 6.07 Å². The monoisotopic (exact) mass is 340 g/mol. The van der Waals surface area contributed by atoms with E-state index < -0.39 is 0 Å². The van der Waals surface area contributed by atoms with Crippen molar-refractivity contribution in [3.05, 3.63) is 48.5 Å². The fraction of sp³-hybridized carbons (Fsp3) is 0.167. The van der Waals surface area contributed by atoms with Crippen LogP contribution in [0.4, 0.5) is 22.7 Å². The van der Waals surface area contributed by atoms with Gasteiger partial charge < -0.3 is 21.3 Å². The lowest BCUT2D eigenvalue weighted by atomic mass is 10.2. The second kappa shape index (κ2) is 8.49. The third kappa shape index (κ3) is 6.34. The maximum atomic E-state index is 12.0. The minimum absolute atomic E-state index is 0.0803. The second-order valence-corrected chi connectivity index (χ2v) is 5.42. The summed E-state index contributed by atoms with van der Waals surface area (Å²) < 4.78 is 0. The molecule has 0 aliphatic carbocycles. The molecule has 0 unspecified atom stereocenters. The highest BCUT2D eigenvalue weighted by atomic mass is 16.2. The average molecular weight is 340 g/mol. The molecule has 0 fully saturated rings. The molecule has 0 aliphatic rings. The molecular formula is C18H20N4O3. The van der Waals surface area contributed by atoms with Crippen LogP contribution < -0.4 is 21.3 Å². The molecule has 0 bridgehead atoms. The van der Waals surface area contributed by atoms with Crippen molar-refractivity contribution in [3.63, 3.8) is 0 Å². The number of rotatable bonds is 6. The standard InChI is InChI=1S/C18H20N4O3/c1-12(23)20-14-6-8-15(9-7-14)22-18(25)11-19-16-4-3-5-17(10-16)21-13(2)24/h3-10,19H,11H2,1-2H3,(H,20,23)(H,21,24)(H,22,25). The maximum Gasteiger partial charge on any atom is 0.243 e. The SMILES string of the molecule is CC(=O)Nc1ccc(NC(=O)CNc2cccc(NC(C)=O)c2)cc1. The van der Waals surface area contributed by atoms with Crippen molar-refractivity contribution in [1.82, 2.24) is 0 Å². The minimum Gasteiger partial charge on any atom is -0.376 e. The summed E-state index contributed by atoms with van der Waals surface area (Å²) in [5, 5.41) is 11.1. The van der Waals surface area contributed by atoms with Gasteiger partial charge in [-0.2, -0.15) is 0 Å². The molecule has 25 heavy (non-hydrogen) atoms. The van der Waals surface area contributed by atoms with Gasteiger partial charge in [0.1, 0.15) is 0 Å². The first-order chi connectivity index (χ1) is 11.9. The molecule has 2 aromatic carbocycles. The molecule has 3 amide bonds. The van der Waals surface area contributed by atoms with Gasteiger partial charge in [0, 0.05) is 36.6 Å². The first-order valence-electron chi connectivity index (χ1n) is 7.71. The number of amides is 3. The Hall–Kier alpha value is -3.35. The summed E-state index contributed by atoms with van der Waals surface area (Å²) >= 11 is 0. The van der Waals surface area contributed by atoms with Crippen molar-refractivity contribution in [2.45, 2.75) is 13.8 Å². The quantitative estimate of drug-likeness (QED) is 0.649. The molecule has 2 rings (SSSR count). The van der Waals surface area contributed by atoms with Crippen LogP contribution in [0.15, 0.2) is 48.5 Å². The Labute approximate surface area is 145 Å². The summed E-state index contributed by atoms with van der Waals surface area (Å²) in [7, 11) is 0. The van der Waals surface area contributed by atoms with Crippen LogP contribution in [0, 0.1) is 0 Å². The van der Waals surface area contributed by atoms with Gasteiger partial charge in [0.05, 0.1) is 6.54 Å².